The highest BCUT2D eigenvalue weighted by Crippen LogP contribution is 2.46. The van der Waals surface area contributed by atoms with E-state index < -0.39 is 61.1 Å². The number of aliphatic hydroxyl groups excluding tert-OH is 1. The van der Waals surface area contributed by atoms with Crippen LogP contribution >= 0.6 is 0 Å². The molecule has 3 fully saturated rings. The molecule has 3 heterocycles. The summed E-state index contributed by atoms with van der Waals surface area (Å²) in [5.74, 6) is -1.91. The molecule has 11 heteroatoms. The minimum atomic E-state index is -2.27. The average Bonchev–Trinajstić information content (AvgIpc) is 3.07. The molecule has 3 saturated heterocycles. The van der Waals surface area contributed by atoms with Crippen LogP contribution in [-0.4, -0.2) is 79.4 Å². The van der Waals surface area contributed by atoms with Gasteiger partial charge in [0.15, 0.2) is 32.3 Å². The lowest BCUT2D eigenvalue weighted by molar-refractivity contribution is -0.610. The van der Waals surface area contributed by atoms with Crippen molar-refractivity contribution in [3.63, 3.8) is 0 Å². The zero-order chi connectivity index (χ0) is 23.6. The van der Waals surface area contributed by atoms with E-state index in [4.69, 9.17) is 28.1 Å². The van der Waals surface area contributed by atoms with E-state index in [-0.39, 0.29) is 18.3 Å². The van der Waals surface area contributed by atoms with Gasteiger partial charge in [-0.25, -0.2) is 0 Å². The summed E-state index contributed by atoms with van der Waals surface area (Å²) in [4.78, 5) is 11.5. The van der Waals surface area contributed by atoms with Crippen LogP contribution in [0.15, 0.2) is 0 Å². The van der Waals surface area contributed by atoms with Crippen molar-refractivity contribution in [3.05, 3.63) is 10.1 Å². The van der Waals surface area contributed by atoms with Gasteiger partial charge in [-0.05, 0) is 45.8 Å². The van der Waals surface area contributed by atoms with Gasteiger partial charge in [0.1, 0.15) is 31.5 Å². The van der Waals surface area contributed by atoms with Gasteiger partial charge in [0.2, 0.25) is 0 Å². The van der Waals surface area contributed by atoms with Gasteiger partial charge in [-0.1, -0.05) is 20.8 Å². The van der Waals surface area contributed by atoms with E-state index in [1.807, 2.05) is 0 Å². The Morgan fingerprint density at radius 3 is 2.06 bits per heavy atom. The summed E-state index contributed by atoms with van der Waals surface area (Å²) in [5, 5.41) is 23.2. The molecule has 3 rings (SSSR count). The molecule has 0 aliphatic carbocycles. The Morgan fingerprint density at radius 2 is 1.58 bits per heavy atom. The summed E-state index contributed by atoms with van der Waals surface area (Å²) < 4.78 is 35.7. The third-order valence-corrected chi connectivity index (χ3v) is 11.3. The molecule has 0 spiro atoms. The number of ether oxygens (including phenoxy) is 5. The third-order valence-electron chi connectivity index (χ3n) is 6.83. The minimum absolute atomic E-state index is 0.0871. The maximum atomic E-state index is 12.1. The second kappa shape index (κ2) is 7.69. The third kappa shape index (κ3) is 4.56. The van der Waals surface area contributed by atoms with Crippen molar-refractivity contribution in [2.24, 2.45) is 0 Å². The Kier molecular flexibility index (Phi) is 6.20. The van der Waals surface area contributed by atoms with Crippen LogP contribution in [0.1, 0.15) is 48.5 Å². The van der Waals surface area contributed by atoms with Crippen molar-refractivity contribution < 1.29 is 38.1 Å². The standard InChI is InChI=1S/C20H37NO9Si/c1-17(2,3)31(8,9)30-16-14-12(28-19(6,7)29-14)13(27-16)15(22)20(21(23)24)10-25-18(4,5)26-11-20/h12-16,22H,10-11H2,1-9H3/t12-,13-,14-,15-,16+/m0/s1. The lowest BCUT2D eigenvalue weighted by Crippen LogP contribution is -2.66. The molecule has 3 aliphatic rings. The van der Waals surface area contributed by atoms with Crippen molar-refractivity contribution in [1.29, 1.82) is 0 Å². The molecule has 0 unspecified atom stereocenters. The van der Waals surface area contributed by atoms with E-state index in [2.05, 4.69) is 33.9 Å². The summed E-state index contributed by atoms with van der Waals surface area (Å²) in [6.45, 7) is 16.7. The normalized spacial score (nSPS) is 35.5. The van der Waals surface area contributed by atoms with Crippen LogP contribution in [0, 0.1) is 10.1 Å². The molecule has 0 aromatic carbocycles. The van der Waals surface area contributed by atoms with Crippen LogP contribution in [0.25, 0.3) is 0 Å². The molecule has 0 amide bonds. The molecular formula is C20H37NO9Si. The predicted molar refractivity (Wildman–Crippen MR) is 112 cm³/mol. The topological polar surface area (TPSA) is 119 Å². The maximum absolute atomic E-state index is 12.1. The lowest BCUT2D eigenvalue weighted by atomic mass is 9.87. The maximum Gasteiger partial charge on any atom is 0.295 e. The van der Waals surface area contributed by atoms with Gasteiger partial charge >= 0.3 is 0 Å². The SMILES string of the molecule is CC1(C)OCC([C@@H](O)[C@H]2O[C@H](O[Si](C)(C)C(C)(C)C)[C@H]3OC(C)(C)O[C@H]32)([N+](=O)[O-])CO1. The van der Waals surface area contributed by atoms with E-state index in [1.165, 1.54) is 0 Å². The Labute approximate surface area is 184 Å². The Bertz CT molecular complexity index is 695. The van der Waals surface area contributed by atoms with E-state index in [9.17, 15) is 15.2 Å². The molecule has 10 nitrogen and oxygen atoms in total. The number of fused-ring (bicyclic) bond motifs is 1. The van der Waals surface area contributed by atoms with Crippen LogP contribution in [0.4, 0.5) is 0 Å². The Hall–Kier alpha value is -0.663. The summed E-state index contributed by atoms with van der Waals surface area (Å²) in [6.07, 6.45) is -4.75. The summed E-state index contributed by atoms with van der Waals surface area (Å²) >= 11 is 0. The molecule has 180 valence electrons. The quantitative estimate of drug-likeness (QED) is 0.372. The van der Waals surface area contributed by atoms with E-state index in [0.29, 0.717) is 0 Å². The van der Waals surface area contributed by atoms with Gasteiger partial charge in [0.05, 0.1) is 0 Å². The molecule has 3 aliphatic heterocycles. The van der Waals surface area contributed by atoms with Gasteiger partial charge in [0, 0.05) is 4.92 Å². The van der Waals surface area contributed by atoms with Crippen LogP contribution < -0.4 is 0 Å². The van der Waals surface area contributed by atoms with Crippen molar-refractivity contribution in [3.8, 4) is 0 Å². The van der Waals surface area contributed by atoms with Crippen molar-refractivity contribution in [2.75, 3.05) is 13.2 Å². The zero-order valence-electron chi connectivity index (χ0n) is 20.0. The number of hydrogen-bond donors (Lipinski definition) is 1. The van der Waals surface area contributed by atoms with Crippen LogP contribution in [0.2, 0.25) is 18.1 Å². The van der Waals surface area contributed by atoms with Crippen LogP contribution in [-0.2, 0) is 28.1 Å². The van der Waals surface area contributed by atoms with Gasteiger partial charge in [-0.15, -0.1) is 0 Å². The van der Waals surface area contributed by atoms with E-state index in [0.717, 1.165) is 0 Å². The molecule has 31 heavy (non-hydrogen) atoms. The highest BCUT2D eigenvalue weighted by Gasteiger charge is 2.66. The summed E-state index contributed by atoms with van der Waals surface area (Å²) in [7, 11) is -2.27. The summed E-state index contributed by atoms with van der Waals surface area (Å²) in [5.41, 5.74) is -1.90. The predicted octanol–water partition coefficient (Wildman–Crippen LogP) is 2.41. The number of nitro groups is 1. The first-order valence-corrected chi connectivity index (χ1v) is 13.6. The highest BCUT2D eigenvalue weighted by molar-refractivity contribution is 6.74. The largest absolute Gasteiger partial charge is 0.390 e. The van der Waals surface area contributed by atoms with Gasteiger partial charge in [-0.3, -0.25) is 10.1 Å². The molecular weight excluding hydrogens is 426 g/mol. The van der Waals surface area contributed by atoms with Crippen molar-refractivity contribution >= 4 is 8.32 Å². The second-order valence-corrected chi connectivity index (χ2v) is 16.0. The summed E-state index contributed by atoms with van der Waals surface area (Å²) in [6, 6.07) is 0. The monoisotopic (exact) mass is 463 g/mol. The fraction of sp³-hybridized carbons (Fsp3) is 1.00. The van der Waals surface area contributed by atoms with E-state index in [1.54, 1.807) is 27.7 Å². The molecule has 0 bridgehead atoms. The second-order valence-electron chi connectivity index (χ2n) is 11.2. The van der Waals surface area contributed by atoms with Crippen LogP contribution in [0.5, 0.6) is 0 Å². The fourth-order valence-corrected chi connectivity index (χ4v) is 4.90. The lowest BCUT2D eigenvalue weighted by Gasteiger charge is -2.42. The number of nitrogens with zero attached hydrogens (tertiary/aromatic N) is 1. The first kappa shape index (κ1) is 25.0. The first-order valence-electron chi connectivity index (χ1n) is 10.7. The van der Waals surface area contributed by atoms with E-state index >= 15 is 0 Å². The highest BCUT2D eigenvalue weighted by atomic mass is 28.4. The molecule has 1 N–H and O–H groups in total. The smallest absolute Gasteiger partial charge is 0.295 e. The molecule has 0 aromatic rings. The molecule has 0 aromatic heterocycles. The van der Waals surface area contributed by atoms with Gasteiger partial charge in [-0.2, -0.15) is 0 Å². The van der Waals surface area contributed by atoms with Gasteiger partial charge < -0.3 is 33.2 Å². The molecule has 0 saturated carbocycles. The van der Waals surface area contributed by atoms with Crippen molar-refractivity contribution in [2.45, 2.75) is 114 Å². The minimum Gasteiger partial charge on any atom is -0.390 e. The number of rotatable bonds is 5. The zero-order valence-corrected chi connectivity index (χ0v) is 21.0. The Morgan fingerprint density at radius 1 is 1.06 bits per heavy atom. The fourth-order valence-electron chi connectivity index (χ4n) is 3.78. The van der Waals surface area contributed by atoms with Crippen LogP contribution in [0.3, 0.4) is 0 Å². The molecule has 5 atom stereocenters. The number of hydrogen-bond acceptors (Lipinski definition) is 9. The average molecular weight is 464 g/mol. The Balaban J connectivity index is 1.89. The first-order chi connectivity index (χ1) is 13.9. The molecule has 0 radical (unpaired) electrons. The number of aliphatic hydroxyl groups is 1. The van der Waals surface area contributed by atoms with Gasteiger partial charge in [0.25, 0.3) is 5.54 Å². The van der Waals surface area contributed by atoms with Crippen molar-refractivity contribution in [1.82, 2.24) is 0 Å².